The van der Waals surface area contributed by atoms with E-state index in [1.165, 1.54) is 23.8 Å². The zero-order valence-corrected chi connectivity index (χ0v) is 13.8. The molecule has 23 heavy (non-hydrogen) atoms. The predicted octanol–water partition coefficient (Wildman–Crippen LogP) is 2.58. The third-order valence-electron chi connectivity index (χ3n) is 3.02. The molecule has 0 saturated carbocycles. The fourth-order valence-corrected chi connectivity index (χ4v) is 3.05. The Morgan fingerprint density at radius 3 is 2.61 bits per heavy atom. The van der Waals surface area contributed by atoms with Gasteiger partial charge in [0.1, 0.15) is 11.6 Å². The van der Waals surface area contributed by atoms with Gasteiger partial charge in [-0.05, 0) is 12.1 Å². The molecule has 0 amide bonds. The largest absolute Gasteiger partial charge is 0.469 e. The van der Waals surface area contributed by atoms with Gasteiger partial charge in [-0.2, -0.15) is 0 Å². The van der Waals surface area contributed by atoms with Crippen LogP contribution in [0.2, 0.25) is 0 Å². The fourth-order valence-electron chi connectivity index (χ4n) is 1.89. The zero-order chi connectivity index (χ0) is 16.3. The fraction of sp³-hybridized carbons (Fsp3) is 0.133. The topological polar surface area (TPSA) is 82.0 Å². The van der Waals surface area contributed by atoms with Gasteiger partial charge in [0, 0.05) is 23.4 Å². The summed E-state index contributed by atoms with van der Waals surface area (Å²) >= 11 is 1.51. The molecular weight excluding hydrogens is 334 g/mol. The molecule has 118 valence electrons. The van der Waals surface area contributed by atoms with Crippen molar-refractivity contribution in [2.45, 2.75) is 11.5 Å². The van der Waals surface area contributed by atoms with Gasteiger partial charge < -0.3 is 4.74 Å². The van der Waals surface area contributed by atoms with Crippen molar-refractivity contribution in [1.82, 2.24) is 15.0 Å². The Balaban J connectivity index is 1.79. The lowest BCUT2D eigenvalue weighted by molar-refractivity contribution is 0.292. The first-order valence-corrected chi connectivity index (χ1v) is 9.43. The molecule has 0 atom stereocenters. The summed E-state index contributed by atoms with van der Waals surface area (Å²) in [6, 6.07) is 6.50. The lowest BCUT2D eigenvalue weighted by atomic mass is 10.2. The second-order valence-electron chi connectivity index (χ2n) is 4.75. The van der Waals surface area contributed by atoms with Gasteiger partial charge in [0.25, 0.3) is 0 Å². The Morgan fingerprint density at radius 1 is 1.17 bits per heavy atom. The molecule has 0 aliphatic heterocycles. The number of benzene rings is 1. The van der Waals surface area contributed by atoms with Crippen molar-refractivity contribution in [3.05, 3.63) is 53.2 Å². The summed E-state index contributed by atoms with van der Waals surface area (Å²) in [6.45, 7) is 0.336. The summed E-state index contributed by atoms with van der Waals surface area (Å²) in [5.41, 5.74) is 1.38. The van der Waals surface area contributed by atoms with Gasteiger partial charge in [0.15, 0.2) is 9.84 Å². The Hall–Kier alpha value is -2.32. The van der Waals surface area contributed by atoms with Crippen molar-refractivity contribution in [3.8, 4) is 17.1 Å². The highest BCUT2D eigenvalue weighted by Crippen LogP contribution is 2.21. The van der Waals surface area contributed by atoms with Crippen LogP contribution in [-0.2, 0) is 16.4 Å². The van der Waals surface area contributed by atoms with Crippen LogP contribution >= 0.6 is 11.3 Å². The lowest BCUT2D eigenvalue weighted by Crippen LogP contribution is -1.99. The van der Waals surface area contributed by atoms with Crippen LogP contribution in [0.3, 0.4) is 0 Å². The highest BCUT2D eigenvalue weighted by atomic mass is 32.2. The third-order valence-corrected chi connectivity index (χ3v) is 4.90. The van der Waals surface area contributed by atoms with Gasteiger partial charge in [0.2, 0.25) is 5.88 Å². The maximum absolute atomic E-state index is 11.5. The number of aromatic nitrogens is 3. The van der Waals surface area contributed by atoms with Gasteiger partial charge in [-0.1, -0.05) is 12.1 Å². The summed E-state index contributed by atoms with van der Waals surface area (Å²) in [7, 11) is -3.21. The van der Waals surface area contributed by atoms with Crippen molar-refractivity contribution >= 4 is 21.2 Å². The molecule has 0 unspecified atom stereocenters. The van der Waals surface area contributed by atoms with Crippen molar-refractivity contribution in [1.29, 1.82) is 0 Å². The van der Waals surface area contributed by atoms with Gasteiger partial charge in [-0.3, -0.25) is 4.98 Å². The number of rotatable bonds is 5. The van der Waals surface area contributed by atoms with Crippen LogP contribution < -0.4 is 4.74 Å². The molecule has 2 heterocycles. The van der Waals surface area contributed by atoms with E-state index in [4.69, 9.17) is 4.74 Å². The van der Waals surface area contributed by atoms with E-state index in [9.17, 15) is 8.42 Å². The van der Waals surface area contributed by atoms with E-state index >= 15 is 0 Å². The average molecular weight is 347 g/mol. The van der Waals surface area contributed by atoms with Gasteiger partial charge in [-0.25, -0.2) is 18.4 Å². The standard InChI is InChI=1S/C15H13N3O3S2/c1-23(19,20)12-4-2-11(3-5-12)13-8-16-9-14(18-13)21-10-15-17-6-7-22-15/h2-9H,10H2,1H3. The second-order valence-corrected chi connectivity index (χ2v) is 7.75. The number of hydrogen-bond donors (Lipinski definition) is 0. The third kappa shape index (κ3) is 3.91. The number of ether oxygens (including phenoxy) is 1. The SMILES string of the molecule is CS(=O)(=O)c1ccc(-c2cncc(OCc3nccs3)n2)cc1. The quantitative estimate of drug-likeness (QED) is 0.705. The maximum atomic E-state index is 11.5. The van der Waals surface area contributed by atoms with Crippen LogP contribution in [0.4, 0.5) is 0 Å². The molecular formula is C15H13N3O3S2. The number of thiazole rings is 1. The summed E-state index contributed by atoms with van der Waals surface area (Å²) in [5.74, 6) is 0.393. The second kappa shape index (κ2) is 6.43. The average Bonchev–Trinajstić information content (AvgIpc) is 3.06. The van der Waals surface area contributed by atoms with Crippen LogP contribution in [0.15, 0.2) is 53.1 Å². The molecule has 3 aromatic rings. The summed E-state index contributed by atoms with van der Waals surface area (Å²) in [5, 5.41) is 2.74. The van der Waals surface area contributed by atoms with Crippen LogP contribution in [0.1, 0.15) is 5.01 Å². The van der Waals surface area contributed by atoms with Crippen molar-refractivity contribution in [2.24, 2.45) is 0 Å². The molecule has 6 nitrogen and oxygen atoms in total. The van der Waals surface area contributed by atoms with E-state index < -0.39 is 9.84 Å². The lowest BCUT2D eigenvalue weighted by Gasteiger charge is -2.06. The minimum atomic E-state index is -3.21. The molecule has 0 radical (unpaired) electrons. The maximum Gasteiger partial charge on any atom is 0.233 e. The summed E-state index contributed by atoms with van der Waals surface area (Å²) in [4.78, 5) is 12.9. The van der Waals surface area contributed by atoms with Gasteiger partial charge >= 0.3 is 0 Å². The number of sulfone groups is 1. The van der Waals surface area contributed by atoms with E-state index in [0.717, 1.165) is 10.6 Å². The Morgan fingerprint density at radius 2 is 1.96 bits per heavy atom. The van der Waals surface area contributed by atoms with Crippen molar-refractivity contribution in [3.63, 3.8) is 0 Å². The highest BCUT2D eigenvalue weighted by Gasteiger charge is 2.08. The minimum absolute atomic E-state index is 0.269. The molecule has 0 bridgehead atoms. The van der Waals surface area contributed by atoms with E-state index in [2.05, 4.69) is 15.0 Å². The summed E-state index contributed by atoms with van der Waals surface area (Å²) in [6.07, 6.45) is 6.03. The molecule has 0 saturated heterocycles. The Bertz CT molecular complexity index is 892. The van der Waals surface area contributed by atoms with E-state index in [0.29, 0.717) is 18.2 Å². The van der Waals surface area contributed by atoms with Crippen molar-refractivity contribution in [2.75, 3.05) is 6.26 Å². The molecule has 8 heteroatoms. The molecule has 2 aromatic heterocycles. The Labute approximate surface area is 137 Å². The van der Waals surface area contributed by atoms with E-state index in [-0.39, 0.29) is 4.90 Å². The first-order valence-electron chi connectivity index (χ1n) is 6.66. The molecule has 0 aliphatic carbocycles. The molecule has 0 aliphatic rings. The van der Waals surface area contributed by atoms with E-state index in [1.807, 2.05) is 5.38 Å². The number of hydrogen-bond acceptors (Lipinski definition) is 7. The van der Waals surface area contributed by atoms with Crippen molar-refractivity contribution < 1.29 is 13.2 Å². The first-order chi connectivity index (χ1) is 11.0. The molecule has 0 spiro atoms. The summed E-state index contributed by atoms with van der Waals surface area (Å²) < 4.78 is 28.5. The van der Waals surface area contributed by atoms with Crippen LogP contribution in [0.5, 0.6) is 5.88 Å². The van der Waals surface area contributed by atoms with Crippen LogP contribution in [-0.4, -0.2) is 29.6 Å². The first kappa shape index (κ1) is 15.6. The zero-order valence-electron chi connectivity index (χ0n) is 12.2. The van der Waals surface area contributed by atoms with Gasteiger partial charge in [0.05, 0.1) is 23.0 Å². The molecule has 3 rings (SSSR count). The molecule has 1 aromatic carbocycles. The predicted molar refractivity (Wildman–Crippen MR) is 87.0 cm³/mol. The Kier molecular flexibility index (Phi) is 4.35. The normalized spacial score (nSPS) is 11.3. The van der Waals surface area contributed by atoms with Crippen LogP contribution in [0.25, 0.3) is 11.3 Å². The van der Waals surface area contributed by atoms with Gasteiger partial charge in [-0.15, -0.1) is 11.3 Å². The molecule has 0 N–H and O–H groups in total. The monoisotopic (exact) mass is 347 g/mol. The minimum Gasteiger partial charge on any atom is -0.469 e. The van der Waals surface area contributed by atoms with Crippen LogP contribution in [0, 0.1) is 0 Å². The number of nitrogens with zero attached hydrogens (tertiary/aromatic N) is 3. The highest BCUT2D eigenvalue weighted by molar-refractivity contribution is 7.90. The van der Waals surface area contributed by atoms with E-state index in [1.54, 1.807) is 36.7 Å². The smallest absolute Gasteiger partial charge is 0.233 e. The molecule has 0 fully saturated rings.